The summed E-state index contributed by atoms with van der Waals surface area (Å²) in [5, 5.41) is 11.6. The number of carboxylic acids is 1. The van der Waals surface area contributed by atoms with Crippen LogP contribution in [0.1, 0.15) is 44.9 Å². The SMILES string of the molecule is CC(C)Oc1cc(C(=O)Nc2ccc(C(=O)O)cn2)cc(Oc2ccc(C(=O)N(C)C)cn2)n1. The quantitative estimate of drug-likeness (QED) is 0.513. The van der Waals surface area contributed by atoms with Gasteiger partial charge in [-0.2, -0.15) is 4.98 Å². The van der Waals surface area contributed by atoms with Gasteiger partial charge in [0.05, 0.1) is 22.8 Å². The van der Waals surface area contributed by atoms with Crippen LogP contribution in [0.2, 0.25) is 0 Å². The number of carboxylic acid groups (broad SMARTS) is 1. The molecule has 2 N–H and O–H groups in total. The molecule has 0 atom stereocenters. The lowest BCUT2D eigenvalue weighted by Gasteiger charge is -2.13. The van der Waals surface area contributed by atoms with E-state index in [1.54, 1.807) is 20.2 Å². The lowest BCUT2D eigenvalue weighted by molar-refractivity contribution is 0.0695. The fourth-order valence-corrected chi connectivity index (χ4v) is 2.68. The number of hydrogen-bond donors (Lipinski definition) is 2. The zero-order valence-electron chi connectivity index (χ0n) is 19.0. The summed E-state index contributed by atoms with van der Waals surface area (Å²) in [7, 11) is 3.28. The monoisotopic (exact) mass is 465 g/mol. The van der Waals surface area contributed by atoms with Crippen molar-refractivity contribution >= 4 is 23.6 Å². The second kappa shape index (κ2) is 10.4. The van der Waals surface area contributed by atoms with Crippen LogP contribution in [0.4, 0.5) is 5.82 Å². The van der Waals surface area contributed by atoms with Crippen molar-refractivity contribution in [3.8, 4) is 17.6 Å². The second-order valence-electron chi connectivity index (χ2n) is 7.58. The number of aromatic nitrogens is 3. The van der Waals surface area contributed by atoms with Crippen molar-refractivity contribution in [1.29, 1.82) is 0 Å². The van der Waals surface area contributed by atoms with E-state index in [1.807, 2.05) is 13.8 Å². The fourth-order valence-electron chi connectivity index (χ4n) is 2.68. The van der Waals surface area contributed by atoms with Crippen LogP contribution in [0.5, 0.6) is 17.6 Å². The van der Waals surface area contributed by atoms with Crippen molar-refractivity contribution < 1.29 is 29.0 Å². The number of anilines is 1. The normalized spacial score (nSPS) is 10.5. The van der Waals surface area contributed by atoms with Gasteiger partial charge in [-0.15, -0.1) is 0 Å². The maximum absolute atomic E-state index is 12.8. The molecule has 0 aromatic carbocycles. The molecule has 3 heterocycles. The number of hydrogen-bond acceptors (Lipinski definition) is 8. The third-order valence-electron chi connectivity index (χ3n) is 4.25. The van der Waals surface area contributed by atoms with Gasteiger partial charge in [-0.3, -0.25) is 9.59 Å². The Kier molecular flexibility index (Phi) is 7.36. The molecule has 0 aliphatic heterocycles. The lowest BCUT2D eigenvalue weighted by atomic mass is 10.2. The minimum absolute atomic E-state index is 0.00369. The predicted octanol–water partition coefficient (Wildman–Crippen LogP) is 3.10. The number of pyridine rings is 3. The summed E-state index contributed by atoms with van der Waals surface area (Å²) < 4.78 is 11.3. The van der Waals surface area contributed by atoms with Crippen LogP contribution >= 0.6 is 0 Å². The van der Waals surface area contributed by atoms with Crippen molar-refractivity contribution in [2.24, 2.45) is 0 Å². The Labute approximate surface area is 195 Å². The van der Waals surface area contributed by atoms with Crippen LogP contribution < -0.4 is 14.8 Å². The number of rotatable bonds is 8. The van der Waals surface area contributed by atoms with Crippen molar-refractivity contribution in [3.63, 3.8) is 0 Å². The minimum atomic E-state index is -1.12. The zero-order valence-corrected chi connectivity index (χ0v) is 19.0. The Balaban J connectivity index is 1.83. The van der Waals surface area contributed by atoms with Crippen LogP contribution in [0.15, 0.2) is 48.8 Å². The Morgan fingerprint density at radius 3 is 2.15 bits per heavy atom. The third-order valence-corrected chi connectivity index (χ3v) is 4.25. The molecule has 0 aliphatic rings. The number of ether oxygens (including phenoxy) is 2. The number of aromatic carboxylic acids is 1. The number of carbonyl (C=O) groups excluding carboxylic acids is 2. The summed E-state index contributed by atoms with van der Waals surface area (Å²) in [5.41, 5.74) is 0.559. The first-order valence-electron chi connectivity index (χ1n) is 10.2. The molecular formula is C23H23N5O6. The highest BCUT2D eigenvalue weighted by Gasteiger charge is 2.15. The Hall–Kier alpha value is -4.54. The van der Waals surface area contributed by atoms with Crippen molar-refractivity contribution in [1.82, 2.24) is 19.9 Å². The van der Waals surface area contributed by atoms with Gasteiger partial charge in [0.2, 0.25) is 17.6 Å². The highest BCUT2D eigenvalue weighted by Crippen LogP contribution is 2.24. The molecule has 3 aromatic rings. The van der Waals surface area contributed by atoms with E-state index < -0.39 is 11.9 Å². The van der Waals surface area contributed by atoms with E-state index in [0.29, 0.717) is 5.56 Å². The summed E-state index contributed by atoms with van der Waals surface area (Å²) in [4.78, 5) is 49.5. The van der Waals surface area contributed by atoms with E-state index in [9.17, 15) is 14.4 Å². The first-order valence-corrected chi connectivity index (χ1v) is 10.2. The van der Waals surface area contributed by atoms with E-state index in [1.165, 1.54) is 41.4 Å². The molecule has 2 amide bonds. The Morgan fingerprint density at radius 2 is 1.59 bits per heavy atom. The maximum Gasteiger partial charge on any atom is 0.337 e. The zero-order chi connectivity index (χ0) is 24.8. The van der Waals surface area contributed by atoms with Gasteiger partial charge in [-0.25, -0.2) is 14.8 Å². The number of carbonyl (C=O) groups is 3. The first kappa shape index (κ1) is 24.1. The van der Waals surface area contributed by atoms with Gasteiger partial charge < -0.3 is 24.8 Å². The predicted molar refractivity (Wildman–Crippen MR) is 121 cm³/mol. The molecule has 0 spiro atoms. The molecule has 0 saturated carbocycles. The molecule has 176 valence electrons. The molecular weight excluding hydrogens is 442 g/mol. The van der Waals surface area contributed by atoms with Crippen LogP contribution in [0.25, 0.3) is 0 Å². The molecule has 0 fully saturated rings. The third kappa shape index (κ3) is 6.25. The molecule has 34 heavy (non-hydrogen) atoms. The molecule has 3 rings (SSSR count). The van der Waals surface area contributed by atoms with E-state index in [-0.39, 0.29) is 46.6 Å². The molecule has 11 nitrogen and oxygen atoms in total. The van der Waals surface area contributed by atoms with E-state index in [4.69, 9.17) is 14.6 Å². The van der Waals surface area contributed by atoms with Gasteiger partial charge in [0.25, 0.3) is 11.8 Å². The summed E-state index contributed by atoms with van der Waals surface area (Å²) >= 11 is 0. The Bertz CT molecular complexity index is 1190. The molecule has 3 aromatic heterocycles. The standard InChI is InChI=1S/C23H23N5O6/c1-13(2)33-19-9-16(21(29)26-17-7-5-15(12-24-17)23(31)32)10-20(27-19)34-18-8-6-14(11-25-18)22(30)28(3)4/h5-13H,1-4H3,(H,31,32)(H,24,26,29). The minimum Gasteiger partial charge on any atom is -0.478 e. The van der Waals surface area contributed by atoms with Gasteiger partial charge in [0.15, 0.2) is 0 Å². The molecule has 11 heteroatoms. The van der Waals surface area contributed by atoms with Crippen LogP contribution in [0.3, 0.4) is 0 Å². The van der Waals surface area contributed by atoms with Gasteiger partial charge in [0.1, 0.15) is 5.82 Å². The highest BCUT2D eigenvalue weighted by atomic mass is 16.5. The summed E-state index contributed by atoms with van der Waals surface area (Å²) in [6.45, 7) is 3.62. The van der Waals surface area contributed by atoms with E-state index >= 15 is 0 Å². The average Bonchev–Trinajstić information content (AvgIpc) is 2.78. The first-order chi connectivity index (χ1) is 16.1. The van der Waals surface area contributed by atoms with Crippen molar-refractivity contribution in [2.45, 2.75) is 20.0 Å². The van der Waals surface area contributed by atoms with Crippen molar-refractivity contribution in [3.05, 3.63) is 65.5 Å². The van der Waals surface area contributed by atoms with Gasteiger partial charge >= 0.3 is 5.97 Å². The highest BCUT2D eigenvalue weighted by molar-refractivity contribution is 6.04. The molecule has 0 unspecified atom stereocenters. The topological polar surface area (TPSA) is 144 Å². The molecule has 0 aliphatic carbocycles. The average molecular weight is 465 g/mol. The lowest BCUT2D eigenvalue weighted by Crippen LogP contribution is -2.21. The van der Waals surface area contributed by atoms with Gasteiger partial charge in [-0.1, -0.05) is 0 Å². The summed E-state index contributed by atoms with van der Waals surface area (Å²) in [5.74, 6) is -1.30. The largest absolute Gasteiger partial charge is 0.478 e. The molecule has 0 radical (unpaired) electrons. The van der Waals surface area contributed by atoms with E-state index in [2.05, 4.69) is 20.3 Å². The van der Waals surface area contributed by atoms with E-state index in [0.717, 1.165) is 6.20 Å². The molecule has 0 saturated heterocycles. The Morgan fingerprint density at radius 1 is 0.912 bits per heavy atom. The smallest absolute Gasteiger partial charge is 0.337 e. The van der Waals surface area contributed by atoms with Gasteiger partial charge in [0, 0.05) is 44.7 Å². The number of nitrogens with one attached hydrogen (secondary N) is 1. The van der Waals surface area contributed by atoms with Crippen LogP contribution in [-0.4, -0.2) is 62.9 Å². The number of nitrogens with zero attached hydrogens (tertiary/aromatic N) is 4. The van der Waals surface area contributed by atoms with Crippen LogP contribution in [0, 0.1) is 0 Å². The van der Waals surface area contributed by atoms with Gasteiger partial charge in [-0.05, 0) is 32.0 Å². The summed E-state index contributed by atoms with van der Waals surface area (Å²) in [6.07, 6.45) is 2.31. The van der Waals surface area contributed by atoms with Crippen LogP contribution in [-0.2, 0) is 0 Å². The second-order valence-corrected chi connectivity index (χ2v) is 7.58. The molecule has 0 bridgehead atoms. The fraction of sp³-hybridized carbons (Fsp3) is 0.217. The summed E-state index contributed by atoms with van der Waals surface area (Å²) in [6, 6.07) is 8.64. The number of amides is 2. The van der Waals surface area contributed by atoms with Crippen molar-refractivity contribution in [2.75, 3.05) is 19.4 Å². The maximum atomic E-state index is 12.8.